The van der Waals surface area contributed by atoms with E-state index in [0.29, 0.717) is 12.6 Å². The monoisotopic (exact) mass is 280 g/mol. The third-order valence-electron chi connectivity index (χ3n) is 5.73. The fraction of sp³-hybridized carbons (Fsp3) is 1.00. The van der Waals surface area contributed by atoms with Gasteiger partial charge in [-0.25, -0.2) is 0 Å². The van der Waals surface area contributed by atoms with Crippen LogP contribution in [0.4, 0.5) is 0 Å². The molecule has 0 spiro atoms. The maximum Gasteiger partial charge on any atom is 0.0628 e. The maximum absolute atomic E-state index is 10.1. The van der Waals surface area contributed by atoms with E-state index in [4.69, 9.17) is 0 Å². The molecule has 116 valence electrons. The Hall–Kier alpha value is -0.120. The lowest BCUT2D eigenvalue weighted by molar-refractivity contribution is 0.0895. The van der Waals surface area contributed by atoms with Gasteiger partial charge in [0.05, 0.1) is 12.1 Å². The van der Waals surface area contributed by atoms with Gasteiger partial charge in [0.2, 0.25) is 0 Å². The predicted octanol–water partition coefficient (Wildman–Crippen LogP) is 2.39. The van der Waals surface area contributed by atoms with Crippen molar-refractivity contribution in [2.75, 3.05) is 26.2 Å². The van der Waals surface area contributed by atoms with Crippen LogP contribution in [-0.2, 0) is 0 Å². The second kappa shape index (κ2) is 6.33. The highest BCUT2D eigenvalue weighted by Crippen LogP contribution is 2.42. The lowest BCUT2D eigenvalue weighted by atomic mass is 9.92. The number of nitrogens with zero attached hydrogens (tertiary/aromatic N) is 1. The van der Waals surface area contributed by atoms with Gasteiger partial charge in [-0.15, -0.1) is 0 Å². The summed E-state index contributed by atoms with van der Waals surface area (Å²) in [4.78, 5) is 2.64. The van der Waals surface area contributed by atoms with Gasteiger partial charge in [-0.3, -0.25) is 0 Å². The fourth-order valence-electron chi connectivity index (χ4n) is 3.98. The van der Waals surface area contributed by atoms with E-state index in [1.165, 1.54) is 64.5 Å². The summed E-state index contributed by atoms with van der Waals surface area (Å²) < 4.78 is 0. The van der Waals surface area contributed by atoms with E-state index in [2.05, 4.69) is 17.1 Å². The van der Waals surface area contributed by atoms with Gasteiger partial charge in [-0.2, -0.15) is 0 Å². The van der Waals surface area contributed by atoms with Crippen molar-refractivity contribution in [3.05, 3.63) is 0 Å². The summed E-state index contributed by atoms with van der Waals surface area (Å²) in [6, 6.07) is 0.693. The van der Waals surface area contributed by atoms with Crippen molar-refractivity contribution in [3.63, 3.8) is 0 Å². The Morgan fingerprint density at radius 1 is 1.10 bits per heavy atom. The molecule has 0 radical (unpaired) electrons. The quantitative estimate of drug-likeness (QED) is 0.751. The minimum atomic E-state index is 0.00716. The molecule has 2 N–H and O–H groups in total. The minimum absolute atomic E-state index is 0.00716. The van der Waals surface area contributed by atoms with Crippen molar-refractivity contribution < 1.29 is 5.11 Å². The molecule has 2 atom stereocenters. The Bertz CT molecular complexity index is 314. The molecule has 0 bridgehead atoms. The molecule has 0 amide bonds. The minimum Gasteiger partial charge on any atom is -0.394 e. The molecule has 2 aliphatic carbocycles. The molecule has 2 saturated carbocycles. The van der Waals surface area contributed by atoms with Crippen LogP contribution in [0.25, 0.3) is 0 Å². The number of likely N-dealkylation sites (tertiary alicyclic amines) is 1. The number of hydrogen-bond acceptors (Lipinski definition) is 3. The number of aliphatic hydroxyl groups is 1. The zero-order valence-corrected chi connectivity index (χ0v) is 13.1. The van der Waals surface area contributed by atoms with Gasteiger partial charge >= 0.3 is 0 Å². The topological polar surface area (TPSA) is 35.5 Å². The smallest absolute Gasteiger partial charge is 0.0628 e. The Morgan fingerprint density at radius 3 is 2.50 bits per heavy atom. The van der Waals surface area contributed by atoms with Crippen molar-refractivity contribution in [1.29, 1.82) is 0 Å². The van der Waals surface area contributed by atoms with Crippen molar-refractivity contribution in [1.82, 2.24) is 10.2 Å². The molecule has 3 aliphatic rings. The molecular weight excluding hydrogens is 248 g/mol. The van der Waals surface area contributed by atoms with Gasteiger partial charge in [0.1, 0.15) is 0 Å². The number of rotatable bonds is 7. The number of hydrogen-bond donors (Lipinski definition) is 2. The Balaban J connectivity index is 1.60. The van der Waals surface area contributed by atoms with E-state index in [1.54, 1.807) is 0 Å². The standard InChI is InChI=1S/C17H32N2O/c1-2-14-4-3-10-19(11-9-14)12-17(13-20,15-5-6-15)18-16-7-8-16/h14-16,18,20H,2-13H2,1H3. The van der Waals surface area contributed by atoms with Crippen molar-refractivity contribution in [2.45, 2.75) is 69.9 Å². The van der Waals surface area contributed by atoms with Crippen molar-refractivity contribution in [2.24, 2.45) is 11.8 Å². The summed E-state index contributed by atoms with van der Waals surface area (Å²) in [5, 5.41) is 13.9. The van der Waals surface area contributed by atoms with Crippen LogP contribution in [0.2, 0.25) is 0 Å². The van der Waals surface area contributed by atoms with Crippen LogP contribution < -0.4 is 5.32 Å². The van der Waals surface area contributed by atoms with Crippen LogP contribution in [0.1, 0.15) is 58.3 Å². The average molecular weight is 280 g/mol. The van der Waals surface area contributed by atoms with Gasteiger partial charge in [0.15, 0.2) is 0 Å². The van der Waals surface area contributed by atoms with Gasteiger partial charge in [-0.05, 0) is 69.9 Å². The lowest BCUT2D eigenvalue weighted by Gasteiger charge is -2.38. The Labute approximate surface area is 124 Å². The molecule has 1 heterocycles. The van der Waals surface area contributed by atoms with Crippen LogP contribution in [0.15, 0.2) is 0 Å². The van der Waals surface area contributed by atoms with E-state index < -0.39 is 0 Å². The van der Waals surface area contributed by atoms with Crippen LogP contribution in [0.3, 0.4) is 0 Å². The van der Waals surface area contributed by atoms with Crippen LogP contribution in [0.5, 0.6) is 0 Å². The largest absolute Gasteiger partial charge is 0.394 e. The molecule has 3 nitrogen and oxygen atoms in total. The van der Waals surface area contributed by atoms with Gasteiger partial charge in [0.25, 0.3) is 0 Å². The average Bonchev–Trinajstić information content (AvgIpc) is 3.31. The highest BCUT2D eigenvalue weighted by atomic mass is 16.3. The number of nitrogens with one attached hydrogen (secondary N) is 1. The fourth-order valence-corrected chi connectivity index (χ4v) is 3.98. The molecule has 3 rings (SSSR count). The first-order chi connectivity index (χ1) is 9.75. The summed E-state index contributed by atoms with van der Waals surface area (Å²) >= 11 is 0. The Kier molecular flexibility index (Phi) is 4.68. The molecule has 0 aromatic heterocycles. The summed E-state index contributed by atoms with van der Waals surface area (Å²) in [5.74, 6) is 1.65. The SMILES string of the molecule is CCC1CCCN(CC(CO)(NC2CC2)C2CC2)CC1. The second-order valence-corrected chi connectivity index (χ2v) is 7.49. The molecule has 0 aromatic rings. The molecule has 3 fully saturated rings. The maximum atomic E-state index is 10.1. The summed E-state index contributed by atoms with van der Waals surface area (Å²) in [7, 11) is 0. The third kappa shape index (κ3) is 3.55. The first-order valence-corrected chi connectivity index (χ1v) is 8.86. The van der Waals surface area contributed by atoms with Gasteiger partial charge in [0, 0.05) is 12.6 Å². The first kappa shape index (κ1) is 14.8. The normalized spacial score (nSPS) is 31.8. The number of aliphatic hydroxyl groups excluding tert-OH is 1. The zero-order valence-electron chi connectivity index (χ0n) is 13.1. The molecule has 2 unspecified atom stereocenters. The first-order valence-electron chi connectivity index (χ1n) is 8.86. The summed E-state index contributed by atoms with van der Waals surface area (Å²) in [5.41, 5.74) is 0.00716. The van der Waals surface area contributed by atoms with E-state index in [-0.39, 0.29) is 5.54 Å². The van der Waals surface area contributed by atoms with Crippen molar-refractivity contribution in [3.8, 4) is 0 Å². The summed E-state index contributed by atoms with van der Waals surface area (Å²) in [6.07, 6.45) is 10.7. The van der Waals surface area contributed by atoms with Crippen molar-refractivity contribution >= 4 is 0 Å². The molecule has 1 aliphatic heterocycles. The molecule has 20 heavy (non-hydrogen) atoms. The predicted molar refractivity (Wildman–Crippen MR) is 82.8 cm³/mol. The second-order valence-electron chi connectivity index (χ2n) is 7.49. The highest BCUT2D eigenvalue weighted by Gasteiger charge is 2.48. The van der Waals surface area contributed by atoms with Gasteiger partial charge in [-0.1, -0.05) is 13.3 Å². The third-order valence-corrected chi connectivity index (χ3v) is 5.73. The van der Waals surface area contributed by atoms with E-state index >= 15 is 0 Å². The van der Waals surface area contributed by atoms with E-state index in [0.717, 1.165) is 18.4 Å². The van der Waals surface area contributed by atoms with Crippen LogP contribution >= 0.6 is 0 Å². The highest BCUT2D eigenvalue weighted by molar-refractivity contribution is 5.06. The molecule has 3 heteroatoms. The van der Waals surface area contributed by atoms with Crippen LogP contribution in [-0.4, -0.2) is 47.8 Å². The van der Waals surface area contributed by atoms with Gasteiger partial charge < -0.3 is 15.3 Å². The zero-order chi connectivity index (χ0) is 14.0. The lowest BCUT2D eigenvalue weighted by Crippen LogP contribution is -2.58. The van der Waals surface area contributed by atoms with Crippen LogP contribution in [0, 0.1) is 11.8 Å². The molecule has 0 aromatic carbocycles. The van der Waals surface area contributed by atoms with E-state index in [9.17, 15) is 5.11 Å². The summed E-state index contributed by atoms with van der Waals surface area (Å²) in [6.45, 7) is 6.19. The molecule has 1 saturated heterocycles. The molecular formula is C17H32N2O. The Morgan fingerprint density at radius 2 is 1.90 bits per heavy atom. The van der Waals surface area contributed by atoms with E-state index in [1.807, 2.05) is 0 Å².